The van der Waals surface area contributed by atoms with Crippen molar-refractivity contribution < 1.29 is 0 Å². The largest absolute Gasteiger partial charge is 0.383 e. The normalized spacial score (nSPS) is 17.0. The fraction of sp³-hybridized carbons (Fsp3) is 0.276. The van der Waals surface area contributed by atoms with Crippen LogP contribution < -0.4 is 11.5 Å². The van der Waals surface area contributed by atoms with Gasteiger partial charge in [0.25, 0.3) is 0 Å². The standard InChI is InChI=1S/C29H33N7/c1-3-6-21(7-4-2)25-13-14-26-29(33-25)36(28(34-26)24-8-5-16-32-27(24)31)23-11-9-20(10-12-23)18-35-17-15-22(30)19-35/h3,5-14,16,22H,4,15,17-19,30H2,1-2H3,(H2,31,32)/b6-3-,21-7+. The predicted octanol–water partition coefficient (Wildman–Crippen LogP) is 4.97. The number of hydrogen-bond acceptors (Lipinski definition) is 6. The minimum Gasteiger partial charge on any atom is -0.383 e. The molecule has 1 fully saturated rings. The Bertz CT molecular complexity index is 1420. The van der Waals surface area contributed by atoms with E-state index >= 15 is 0 Å². The SMILES string of the molecule is C/C=C\C(=C/CC)c1ccc2nc(-c3cccnc3N)n(-c3ccc(CN4CCC(N)C4)cc3)c2n1. The number of rotatable bonds is 7. The molecule has 1 unspecified atom stereocenters. The van der Waals surface area contributed by atoms with Gasteiger partial charge in [0.15, 0.2) is 11.5 Å². The molecule has 1 aliphatic rings. The number of likely N-dealkylation sites (tertiary alicyclic amines) is 1. The van der Waals surface area contributed by atoms with Gasteiger partial charge in [0.2, 0.25) is 0 Å². The molecule has 7 nitrogen and oxygen atoms in total. The second-order valence-corrected chi connectivity index (χ2v) is 9.26. The van der Waals surface area contributed by atoms with Gasteiger partial charge in [-0.05, 0) is 67.3 Å². The van der Waals surface area contributed by atoms with Gasteiger partial charge >= 0.3 is 0 Å². The summed E-state index contributed by atoms with van der Waals surface area (Å²) in [6, 6.07) is 16.8. The van der Waals surface area contributed by atoms with Crippen molar-refractivity contribution in [2.75, 3.05) is 18.8 Å². The Hall–Kier alpha value is -3.81. The maximum absolute atomic E-state index is 6.29. The van der Waals surface area contributed by atoms with Gasteiger partial charge < -0.3 is 11.5 Å². The molecule has 1 aromatic carbocycles. The predicted molar refractivity (Wildman–Crippen MR) is 147 cm³/mol. The third kappa shape index (κ3) is 4.80. The van der Waals surface area contributed by atoms with Crippen LogP contribution in [-0.2, 0) is 6.54 Å². The van der Waals surface area contributed by atoms with E-state index < -0.39 is 0 Å². The van der Waals surface area contributed by atoms with Gasteiger partial charge in [0.1, 0.15) is 11.3 Å². The van der Waals surface area contributed by atoms with Crippen LogP contribution in [-0.4, -0.2) is 43.6 Å². The first-order chi connectivity index (χ1) is 17.6. The summed E-state index contributed by atoms with van der Waals surface area (Å²) < 4.78 is 2.08. The van der Waals surface area contributed by atoms with Crippen LogP contribution >= 0.6 is 0 Å². The monoisotopic (exact) mass is 479 g/mol. The van der Waals surface area contributed by atoms with E-state index in [1.807, 2.05) is 37.3 Å². The molecule has 1 saturated heterocycles. The number of pyridine rings is 2. The summed E-state index contributed by atoms with van der Waals surface area (Å²) in [4.78, 5) is 16.7. The van der Waals surface area contributed by atoms with Crippen LogP contribution in [0, 0.1) is 0 Å². The third-order valence-corrected chi connectivity index (χ3v) is 6.56. The summed E-state index contributed by atoms with van der Waals surface area (Å²) in [5.41, 5.74) is 19.0. The van der Waals surface area contributed by atoms with Gasteiger partial charge in [-0.3, -0.25) is 9.47 Å². The van der Waals surface area contributed by atoms with Crippen LogP contribution in [0.15, 0.2) is 73.0 Å². The summed E-state index contributed by atoms with van der Waals surface area (Å²) in [6.07, 6.45) is 10.0. The van der Waals surface area contributed by atoms with Crippen LogP contribution in [0.4, 0.5) is 5.82 Å². The van der Waals surface area contributed by atoms with E-state index in [2.05, 4.69) is 57.8 Å². The maximum atomic E-state index is 6.29. The van der Waals surface area contributed by atoms with Gasteiger partial charge in [-0.25, -0.2) is 15.0 Å². The average Bonchev–Trinajstić information content (AvgIpc) is 3.47. The Balaban J connectivity index is 1.62. The number of hydrogen-bond donors (Lipinski definition) is 2. The van der Waals surface area contributed by atoms with Gasteiger partial charge in [-0.15, -0.1) is 0 Å². The number of anilines is 1. The smallest absolute Gasteiger partial charge is 0.165 e. The van der Waals surface area contributed by atoms with E-state index in [-0.39, 0.29) is 6.04 Å². The number of allylic oxidation sites excluding steroid dienone is 4. The number of aromatic nitrogens is 4. The van der Waals surface area contributed by atoms with Crippen molar-refractivity contribution in [2.45, 2.75) is 39.3 Å². The molecule has 184 valence electrons. The zero-order chi connectivity index (χ0) is 25.1. The van der Waals surface area contributed by atoms with Crippen LogP contribution in [0.25, 0.3) is 33.8 Å². The average molecular weight is 480 g/mol. The highest BCUT2D eigenvalue weighted by atomic mass is 15.2. The third-order valence-electron chi connectivity index (χ3n) is 6.56. The minimum atomic E-state index is 0.281. The van der Waals surface area contributed by atoms with E-state index in [4.69, 9.17) is 21.4 Å². The molecule has 0 spiro atoms. The van der Waals surface area contributed by atoms with Gasteiger partial charge in [-0.2, -0.15) is 0 Å². The lowest BCUT2D eigenvalue weighted by atomic mass is 10.1. The number of nitrogens with two attached hydrogens (primary N) is 2. The minimum absolute atomic E-state index is 0.281. The molecule has 1 aliphatic heterocycles. The number of imidazole rings is 1. The number of nitrogens with zero attached hydrogens (tertiary/aromatic N) is 5. The molecular formula is C29H33N7. The lowest BCUT2D eigenvalue weighted by Gasteiger charge is -2.16. The zero-order valence-corrected chi connectivity index (χ0v) is 20.9. The fourth-order valence-corrected chi connectivity index (χ4v) is 4.82. The van der Waals surface area contributed by atoms with Gasteiger partial charge in [-0.1, -0.05) is 37.3 Å². The molecule has 7 heteroatoms. The summed E-state index contributed by atoms with van der Waals surface area (Å²) in [6.45, 7) is 7.05. The molecule has 1 atom stereocenters. The van der Waals surface area contributed by atoms with Crippen molar-refractivity contribution in [1.29, 1.82) is 0 Å². The fourth-order valence-electron chi connectivity index (χ4n) is 4.82. The summed E-state index contributed by atoms with van der Waals surface area (Å²) in [5, 5.41) is 0. The van der Waals surface area contributed by atoms with E-state index in [9.17, 15) is 0 Å². The van der Waals surface area contributed by atoms with E-state index in [0.29, 0.717) is 5.82 Å². The Morgan fingerprint density at radius 1 is 1.11 bits per heavy atom. The zero-order valence-electron chi connectivity index (χ0n) is 20.9. The maximum Gasteiger partial charge on any atom is 0.165 e. The van der Waals surface area contributed by atoms with Crippen LogP contribution in [0.5, 0.6) is 0 Å². The van der Waals surface area contributed by atoms with Crippen molar-refractivity contribution >= 4 is 22.6 Å². The Labute approximate surface area is 212 Å². The Kier molecular flexibility index (Phi) is 6.93. The van der Waals surface area contributed by atoms with Gasteiger partial charge in [0, 0.05) is 37.6 Å². The molecule has 36 heavy (non-hydrogen) atoms. The lowest BCUT2D eigenvalue weighted by Crippen LogP contribution is -2.26. The topological polar surface area (TPSA) is 98.9 Å². The second-order valence-electron chi connectivity index (χ2n) is 9.26. The van der Waals surface area contributed by atoms with Crippen molar-refractivity contribution in [3.63, 3.8) is 0 Å². The second kappa shape index (κ2) is 10.4. The molecule has 0 saturated carbocycles. The van der Waals surface area contributed by atoms with Crippen molar-refractivity contribution in [1.82, 2.24) is 24.4 Å². The highest BCUT2D eigenvalue weighted by molar-refractivity contribution is 5.85. The molecule has 0 aliphatic carbocycles. The molecule has 0 bridgehead atoms. The summed E-state index contributed by atoms with van der Waals surface area (Å²) >= 11 is 0. The summed E-state index contributed by atoms with van der Waals surface area (Å²) in [7, 11) is 0. The molecule has 4 aromatic rings. The molecule has 3 aromatic heterocycles. The highest BCUT2D eigenvalue weighted by Gasteiger charge is 2.20. The molecule has 0 radical (unpaired) electrons. The molecule has 4 N–H and O–H groups in total. The van der Waals surface area contributed by atoms with Crippen molar-refractivity contribution in [3.8, 4) is 17.1 Å². The molecule has 0 amide bonds. The molecule has 5 rings (SSSR count). The van der Waals surface area contributed by atoms with Gasteiger partial charge in [0.05, 0.1) is 11.3 Å². The first kappa shape index (κ1) is 23.9. The first-order valence-electron chi connectivity index (χ1n) is 12.6. The van der Waals surface area contributed by atoms with E-state index in [1.165, 1.54) is 5.56 Å². The van der Waals surface area contributed by atoms with E-state index in [0.717, 1.165) is 72.0 Å². The first-order valence-corrected chi connectivity index (χ1v) is 12.6. The van der Waals surface area contributed by atoms with Crippen molar-refractivity contribution in [2.24, 2.45) is 5.73 Å². The van der Waals surface area contributed by atoms with E-state index in [1.54, 1.807) is 6.20 Å². The van der Waals surface area contributed by atoms with Crippen molar-refractivity contribution in [3.05, 3.63) is 84.2 Å². The summed E-state index contributed by atoms with van der Waals surface area (Å²) in [5.74, 6) is 1.17. The number of benzene rings is 1. The Morgan fingerprint density at radius 2 is 1.94 bits per heavy atom. The number of nitrogen functional groups attached to an aromatic ring is 1. The highest BCUT2D eigenvalue weighted by Crippen LogP contribution is 2.31. The van der Waals surface area contributed by atoms with Crippen LogP contribution in [0.1, 0.15) is 37.9 Å². The molecular weight excluding hydrogens is 446 g/mol. The number of fused-ring (bicyclic) bond motifs is 1. The molecule has 4 heterocycles. The Morgan fingerprint density at radius 3 is 2.64 bits per heavy atom. The van der Waals surface area contributed by atoms with Crippen LogP contribution in [0.2, 0.25) is 0 Å². The quantitative estimate of drug-likeness (QED) is 0.363. The van der Waals surface area contributed by atoms with Crippen LogP contribution in [0.3, 0.4) is 0 Å². The lowest BCUT2D eigenvalue weighted by molar-refractivity contribution is 0.327.